The second-order valence-electron chi connectivity index (χ2n) is 11.7. The van der Waals surface area contributed by atoms with Crippen molar-refractivity contribution in [3.63, 3.8) is 0 Å². The van der Waals surface area contributed by atoms with E-state index in [1.165, 1.54) is 12.1 Å². The molecule has 0 fully saturated rings. The second kappa shape index (κ2) is 15.2. The molecule has 0 aliphatic carbocycles. The Kier molecular flexibility index (Phi) is 11.4. The maximum absolute atomic E-state index is 14.2. The number of nitrogens with one attached hydrogen (secondary N) is 1. The Labute approximate surface area is 264 Å². The number of fused-ring (bicyclic) bond motifs is 1. The number of hydrogen-bond donors (Lipinski definition) is 1. The van der Waals surface area contributed by atoms with Gasteiger partial charge in [0.2, 0.25) is 5.89 Å². The Morgan fingerprint density at radius 3 is 2.57 bits per heavy atom. The topological polar surface area (TPSA) is 64.4 Å². The predicted molar refractivity (Wildman–Crippen MR) is 178 cm³/mol. The van der Waals surface area contributed by atoms with Gasteiger partial charge in [-0.15, -0.1) is 13.2 Å². The first kappa shape index (κ1) is 33.0. The summed E-state index contributed by atoms with van der Waals surface area (Å²) in [5.41, 5.74) is 5.66. The Bertz CT molecular complexity index is 1630. The van der Waals surface area contributed by atoms with Crippen molar-refractivity contribution < 1.29 is 22.8 Å². The summed E-state index contributed by atoms with van der Waals surface area (Å²) in [6.45, 7) is 12.5. The van der Waals surface area contributed by atoms with E-state index >= 15 is 0 Å². The number of aromatic nitrogens is 1. The molecule has 0 aliphatic heterocycles. The molecule has 232 valence electrons. The van der Waals surface area contributed by atoms with Gasteiger partial charge in [0, 0.05) is 24.1 Å². The van der Waals surface area contributed by atoms with Crippen molar-refractivity contribution in [3.8, 4) is 28.3 Å². The summed E-state index contributed by atoms with van der Waals surface area (Å²) in [5, 5.41) is 3.05. The summed E-state index contributed by atoms with van der Waals surface area (Å²) in [5.74, 6) is 0.668. The van der Waals surface area contributed by atoms with Crippen LogP contribution in [0.25, 0.3) is 33.7 Å². The van der Waals surface area contributed by atoms with E-state index in [1.54, 1.807) is 6.07 Å². The van der Waals surface area contributed by atoms with E-state index < -0.39 is 5.82 Å². The number of amides is 1. The number of ether oxygens (including phenoxy) is 1. The summed E-state index contributed by atoms with van der Waals surface area (Å²) in [4.78, 5) is 17.0. The van der Waals surface area contributed by atoms with Crippen molar-refractivity contribution in [1.29, 1.82) is 0 Å². The van der Waals surface area contributed by atoms with Gasteiger partial charge >= 0.3 is 0 Å². The maximum Gasteiger partial charge on any atom is 0.275 e. The lowest BCUT2D eigenvalue weighted by Gasteiger charge is -2.29. The van der Waals surface area contributed by atoms with Crippen molar-refractivity contribution in [2.45, 2.75) is 39.0 Å². The van der Waals surface area contributed by atoms with E-state index in [1.807, 2.05) is 30.4 Å². The molecule has 0 saturated heterocycles. The minimum absolute atomic E-state index is 0.0452. The van der Waals surface area contributed by atoms with Gasteiger partial charge in [-0.25, -0.2) is 9.37 Å². The molecule has 1 heterocycles. The van der Waals surface area contributed by atoms with Crippen LogP contribution < -0.4 is 10.1 Å². The van der Waals surface area contributed by atoms with Gasteiger partial charge in [0.05, 0.1) is 32.3 Å². The summed E-state index contributed by atoms with van der Waals surface area (Å²) in [6.07, 6.45) is 7.85. The highest BCUT2D eigenvalue weighted by Gasteiger charge is 2.20. The predicted octanol–water partition coefficient (Wildman–Crippen LogP) is 8.17. The zero-order valence-electron chi connectivity index (χ0n) is 25.9. The molecule has 0 bridgehead atoms. The molecule has 1 aromatic heterocycles. The average Bonchev–Trinajstić information content (AvgIpc) is 3.41. The normalized spacial score (nSPS) is 11.5. The summed E-state index contributed by atoms with van der Waals surface area (Å²) >= 11 is 5.89. The number of hydrogen-bond acceptors (Lipinski definition) is 4. The van der Waals surface area contributed by atoms with Crippen molar-refractivity contribution in [2.75, 3.05) is 40.3 Å². The molecule has 0 saturated carbocycles. The zero-order chi connectivity index (χ0) is 31.7. The minimum Gasteiger partial charge on any atom is -0.493 e. The maximum atomic E-state index is 14.2. The number of quaternary nitrogens is 1. The first-order chi connectivity index (χ1) is 21.1. The monoisotopic (exact) mass is 618 g/mol. The largest absolute Gasteiger partial charge is 0.493 e. The zero-order valence-corrected chi connectivity index (χ0v) is 26.7. The van der Waals surface area contributed by atoms with Crippen LogP contribution in [0.5, 0.6) is 5.75 Å². The number of rotatable bonds is 16. The number of allylic oxidation sites excluding steroid dienone is 2. The molecule has 6 nitrogen and oxygen atoms in total. The molecule has 1 N–H and O–H groups in total. The third kappa shape index (κ3) is 8.58. The van der Waals surface area contributed by atoms with E-state index in [0.29, 0.717) is 53.0 Å². The Morgan fingerprint density at radius 1 is 1.07 bits per heavy atom. The Balaban J connectivity index is 1.54. The lowest BCUT2D eigenvalue weighted by atomic mass is 9.97. The number of nitrogens with zero attached hydrogens (tertiary/aromatic N) is 2. The molecular weight excluding hydrogens is 577 g/mol. The van der Waals surface area contributed by atoms with Crippen LogP contribution in [0.3, 0.4) is 0 Å². The van der Waals surface area contributed by atoms with Crippen molar-refractivity contribution in [3.05, 3.63) is 95.8 Å². The molecule has 0 radical (unpaired) electrons. The van der Waals surface area contributed by atoms with E-state index in [-0.39, 0.29) is 10.9 Å². The van der Waals surface area contributed by atoms with Crippen molar-refractivity contribution >= 4 is 28.6 Å². The Hall–Kier alpha value is -3.94. The van der Waals surface area contributed by atoms with Gasteiger partial charge in [-0.05, 0) is 78.4 Å². The SMILES string of the molecule is C=CCc1cc(-c2ccc(OCCC[N+](C)(C)CC(=O)NCCCC)c(CC=C)c2)c2oc(-c3ccc(Cl)c(F)c3)nc2c1. The highest BCUT2D eigenvalue weighted by molar-refractivity contribution is 6.30. The highest BCUT2D eigenvalue weighted by atomic mass is 35.5. The van der Waals surface area contributed by atoms with Gasteiger partial charge in [-0.1, -0.05) is 43.2 Å². The second-order valence-corrected chi connectivity index (χ2v) is 12.1. The van der Waals surface area contributed by atoms with Gasteiger partial charge in [0.1, 0.15) is 17.1 Å². The third-order valence-electron chi connectivity index (χ3n) is 7.42. The van der Waals surface area contributed by atoms with Crippen molar-refractivity contribution in [2.24, 2.45) is 0 Å². The molecule has 4 rings (SSSR count). The first-order valence-corrected chi connectivity index (χ1v) is 15.5. The van der Waals surface area contributed by atoms with Crippen LogP contribution in [0.1, 0.15) is 37.3 Å². The summed E-state index contributed by atoms with van der Waals surface area (Å²) in [6, 6.07) is 14.6. The lowest BCUT2D eigenvalue weighted by Crippen LogP contribution is -2.48. The quantitative estimate of drug-likeness (QED) is 0.0781. The molecular formula is C36H42ClFN3O3+. The van der Waals surface area contributed by atoms with Gasteiger partial charge in [-0.3, -0.25) is 4.79 Å². The standard InChI is InChI=1S/C36H41ClFN3O3/c1-6-9-17-39-34(42)24-41(4,5)18-10-19-43-33-16-14-26(22-27(33)12-8-3)29-20-25(11-7-2)21-32-35(29)44-36(40-32)28-13-15-30(37)31(38)23-28/h7-8,13-16,20-23H,2-3,6,9-12,17-19,24H2,1,4-5H3/p+1. The number of oxazole rings is 1. The number of carbonyl (C=O) groups is 1. The fourth-order valence-corrected chi connectivity index (χ4v) is 5.27. The van der Waals surface area contributed by atoms with Crippen LogP contribution in [0.15, 0.2) is 78.3 Å². The molecule has 0 spiro atoms. The number of halogens is 2. The fourth-order valence-electron chi connectivity index (χ4n) is 5.15. The number of unbranched alkanes of at least 4 members (excludes halogenated alkanes) is 1. The number of benzene rings is 3. The molecule has 44 heavy (non-hydrogen) atoms. The molecule has 0 aliphatic rings. The molecule has 4 aromatic rings. The minimum atomic E-state index is -0.529. The van der Waals surface area contributed by atoms with Crippen LogP contribution in [0, 0.1) is 5.82 Å². The van der Waals surface area contributed by atoms with E-state index in [2.05, 4.69) is 56.6 Å². The average molecular weight is 619 g/mol. The smallest absolute Gasteiger partial charge is 0.275 e. The lowest BCUT2D eigenvalue weighted by molar-refractivity contribution is -0.882. The molecule has 0 unspecified atom stereocenters. The van der Waals surface area contributed by atoms with Crippen molar-refractivity contribution in [1.82, 2.24) is 10.3 Å². The van der Waals surface area contributed by atoms with Crippen LogP contribution >= 0.6 is 11.6 Å². The summed E-state index contributed by atoms with van der Waals surface area (Å²) in [7, 11) is 4.13. The third-order valence-corrected chi connectivity index (χ3v) is 7.73. The molecule has 8 heteroatoms. The first-order valence-electron chi connectivity index (χ1n) is 15.1. The van der Waals surface area contributed by atoms with Gasteiger partial charge in [-0.2, -0.15) is 0 Å². The van der Waals surface area contributed by atoms with Gasteiger partial charge in [0.25, 0.3) is 5.91 Å². The van der Waals surface area contributed by atoms with Crippen LogP contribution in [-0.2, 0) is 17.6 Å². The van der Waals surface area contributed by atoms with E-state index in [9.17, 15) is 9.18 Å². The Morgan fingerprint density at radius 2 is 1.84 bits per heavy atom. The fraction of sp³-hybridized carbons (Fsp3) is 0.333. The van der Waals surface area contributed by atoms with E-state index in [0.717, 1.165) is 60.4 Å². The number of likely N-dealkylation sites (N-methyl/N-ethyl adjacent to an activating group) is 1. The molecule has 1 amide bonds. The van der Waals surface area contributed by atoms with Crippen LogP contribution in [0.2, 0.25) is 5.02 Å². The summed E-state index contributed by atoms with van der Waals surface area (Å²) < 4.78 is 27.3. The van der Waals surface area contributed by atoms with Crippen LogP contribution in [0.4, 0.5) is 4.39 Å². The van der Waals surface area contributed by atoms with Crippen LogP contribution in [-0.4, -0.2) is 55.7 Å². The molecule has 3 aromatic carbocycles. The van der Waals surface area contributed by atoms with Gasteiger partial charge < -0.3 is 19.0 Å². The highest BCUT2D eigenvalue weighted by Crippen LogP contribution is 2.36. The van der Waals surface area contributed by atoms with Gasteiger partial charge in [0.15, 0.2) is 12.1 Å². The number of carbonyl (C=O) groups excluding carboxylic acids is 1. The molecule has 0 atom stereocenters. The van der Waals surface area contributed by atoms with E-state index in [4.69, 9.17) is 20.8 Å².